The average molecular weight is 612 g/mol. The molecule has 4 aromatic rings. The predicted octanol–water partition coefficient (Wildman–Crippen LogP) is 5.42. The molecular weight excluding hydrogens is 570 g/mol. The zero-order valence-electron chi connectivity index (χ0n) is 25.3. The van der Waals surface area contributed by atoms with E-state index in [0.717, 1.165) is 50.0 Å². The van der Waals surface area contributed by atoms with E-state index in [1.165, 1.54) is 30.0 Å². The topological polar surface area (TPSA) is 102 Å². The molecule has 3 saturated heterocycles. The molecular formula is C35H41N5O3S. The van der Waals surface area contributed by atoms with Crippen LogP contribution in [0.3, 0.4) is 0 Å². The van der Waals surface area contributed by atoms with Crippen LogP contribution in [0.15, 0.2) is 83.8 Å². The van der Waals surface area contributed by atoms with Crippen molar-refractivity contribution >= 4 is 27.0 Å². The van der Waals surface area contributed by atoms with Gasteiger partial charge in [-0.1, -0.05) is 54.6 Å². The molecule has 0 saturated carbocycles. The molecule has 0 aliphatic carbocycles. The second-order valence-electron chi connectivity index (χ2n) is 13.0. The second kappa shape index (κ2) is 11.4. The summed E-state index contributed by atoms with van der Waals surface area (Å²) in [5.41, 5.74) is 3.79. The molecule has 0 radical (unpaired) electrons. The highest BCUT2D eigenvalue weighted by Crippen LogP contribution is 2.45. The van der Waals surface area contributed by atoms with Gasteiger partial charge in [0.25, 0.3) is 5.91 Å². The fourth-order valence-electron chi connectivity index (χ4n) is 8.46. The van der Waals surface area contributed by atoms with Gasteiger partial charge < -0.3 is 9.47 Å². The first kappa shape index (κ1) is 29.2. The van der Waals surface area contributed by atoms with Crippen LogP contribution in [0.1, 0.15) is 72.7 Å². The first-order valence-corrected chi connectivity index (χ1v) is 17.4. The summed E-state index contributed by atoms with van der Waals surface area (Å²) in [7, 11) is -4.00. The van der Waals surface area contributed by atoms with Crippen LogP contribution in [0.5, 0.6) is 0 Å². The molecule has 3 aromatic carbocycles. The number of nitrogens with two attached hydrogens (primary N) is 1. The van der Waals surface area contributed by atoms with Gasteiger partial charge in [0.15, 0.2) is 0 Å². The smallest absolute Gasteiger partial charge is 0.255 e. The number of imidazole rings is 1. The highest BCUT2D eigenvalue weighted by Gasteiger charge is 2.44. The van der Waals surface area contributed by atoms with Crippen LogP contribution < -0.4 is 5.14 Å². The van der Waals surface area contributed by atoms with E-state index in [1.807, 2.05) is 0 Å². The number of primary sulfonamides is 1. The summed E-state index contributed by atoms with van der Waals surface area (Å²) in [6.45, 7) is 4.34. The molecule has 3 aliphatic heterocycles. The molecule has 2 atom stereocenters. The molecule has 1 aromatic heterocycles. The van der Waals surface area contributed by atoms with Gasteiger partial charge in [0.2, 0.25) is 10.0 Å². The van der Waals surface area contributed by atoms with Crippen LogP contribution in [-0.2, 0) is 15.4 Å². The number of aromatic nitrogens is 2. The number of carbonyl (C=O) groups is 1. The quantitative estimate of drug-likeness (QED) is 0.301. The number of fused-ring (bicyclic) bond motifs is 3. The van der Waals surface area contributed by atoms with Crippen molar-refractivity contribution in [3.8, 4) is 0 Å². The molecule has 44 heavy (non-hydrogen) atoms. The number of hydrogen-bond acceptors (Lipinski definition) is 5. The Kier molecular flexibility index (Phi) is 7.59. The molecule has 3 fully saturated rings. The van der Waals surface area contributed by atoms with Crippen LogP contribution in [0.25, 0.3) is 11.0 Å². The van der Waals surface area contributed by atoms with E-state index in [4.69, 9.17) is 10.1 Å². The van der Waals surface area contributed by atoms with Gasteiger partial charge in [-0.15, -0.1) is 0 Å². The fourth-order valence-corrected chi connectivity index (χ4v) is 9.19. The van der Waals surface area contributed by atoms with Gasteiger partial charge in [0.05, 0.1) is 21.5 Å². The lowest BCUT2D eigenvalue weighted by molar-refractivity contribution is 0.0603. The summed E-state index contributed by atoms with van der Waals surface area (Å²) in [4.78, 5) is 22.9. The Balaban J connectivity index is 1.07. The van der Waals surface area contributed by atoms with E-state index in [-0.39, 0.29) is 21.8 Å². The zero-order chi connectivity index (χ0) is 30.5. The monoisotopic (exact) mass is 611 g/mol. The number of piperidine rings is 2. The normalized spacial score (nSPS) is 23.7. The minimum Gasteiger partial charge on any atom is -0.339 e. The largest absolute Gasteiger partial charge is 0.339 e. The zero-order valence-corrected chi connectivity index (χ0v) is 26.1. The Bertz CT molecular complexity index is 1760. The lowest BCUT2D eigenvalue weighted by atomic mass is 9.70. The van der Waals surface area contributed by atoms with Crippen molar-refractivity contribution in [1.29, 1.82) is 0 Å². The lowest BCUT2D eigenvalue weighted by Crippen LogP contribution is -2.49. The number of benzene rings is 3. The molecule has 0 spiro atoms. The van der Waals surface area contributed by atoms with E-state index < -0.39 is 10.0 Å². The van der Waals surface area contributed by atoms with Gasteiger partial charge in [-0.3, -0.25) is 9.69 Å². The maximum absolute atomic E-state index is 13.5. The van der Waals surface area contributed by atoms with Gasteiger partial charge in [0.1, 0.15) is 5.82 Å². The second-order valence-corrected chi connectivity index (χ2v) is 14.5. The van der Waals surface area contributed by atoms with Crippen molar-refractivity contribution in [2.45, 2.75) is 80.3 Å². The van der Waals surface area contributed by atoms with Crippen molar-refractivity contribution in [3.63, 3.8) is 0 Å². The van der Waals surface area contributed by atoms with Crippen molar-refractivity contribution in [1.82, 2.24) is 19.4 Å². The summed E-state index contributed by atoms with van der Waals surface area (Å²) in [5, 5.41) is 5.44. The Hall–Kier alpha value is -3.53. The fraction of sp³-hybridized carbons (Fsp3) is 0.429. The predicted molar refractivity (Wildman–Crippen MR) is 172 cm³/mol. The SMILES string of the molecule is Cc1nc2ccccc2n1C1CC2CCC(C1)N2CCC1(c2ccccc2)CCN(C(=O)c2ccccc2S(N)(=O)=O)CC1. The third kappa shape index (κ3) is 5.25. The highest BCUT2D eigenvalue weighted by molar-refractivity contribution is 7.89. The first-order chi connectivity index (χ1) is 21.2. The van der Waals surface area contributed by atoms with Crippen molar-refractivity contribution in [3.05, 3.63) is 95.8 Å². The van der Waals surface area contributed by atoms with Crippen LogP contribution in [0, 0.1) is 6.92 Å². The van der Waals surface area contributed by atoms with Gasteiger partial charge in [-0.25, -0.2) is 18.5 Å². The number of para-hydroxylation sites is 2. The first-order valence-electron chi connectivity index (χ1n) is 15.9. The number of nitrogens with zero attached hydrogens (tertiary/aromatic N) is 4. The van der Waals surface area contributed by atoms with Crippen molar-refractivity contribution in [2.75, 3.05) is 19.6 Å². The summed E-state index contributed by atoms with van der Waals surface area (Å²) < 4.78 is 26.9. The third-order valence-electron chi connectivity index (χ3n) is 10.7. The molecule has 9 heteroatoms. The molecule has 2 bridgehead atoms. The number of hydrogen-bond donors (Lipinski definition) is 1. The van der Waals surface area contributed by atoms with E-state index in [9.17, 15) is 13.2 Å². The molecule has 8 nitrogen and oxygen atoms in total. The summed E-state index contributed by atoms with van der Waals surface area (Å²) >= 11 is 0. The van der Waals surface area contributed by atoms with E-state index in [0.29, 0.717) is 31.2 Å². The summed E-state index contributed by atoms with van der Waals surface area (Å²) in [6, 6.07) is 27.2. The lowest BCUT2D eigenvalue weighted by Gasteiger charge is -2.45. The molecule has 230 valence electrons. The van der Waals surface area contributed by atoms with Gasteiger partial charge in [0, 0.05) is 31.2 Å². The van der Waals surface area contributed by atoms with E-state index >= 15 is 0 Å². The molecule has 3 aliphatic rings. The van der Waals surface area contributed by atoms with E-state index in [2.05, 4.69) is 71.0 Å². The minimum absolute atomic E-state index is 0.0368. The number of aryl methyl sites for hydroxylation is 1. The van der Waals surface area contributed by atoms with Crippen molar-refractivity contribution in [2.24, 2.45) is 5.14 Å². The number of likely N-dealkylation sites (tertiary alicyclic amines) is 1. The maximum Gasteiger partial charge on any atom is 0.255 e. The highest BCUT2D eigenvalue weighted by atomic mass is 32.2. The number of rotatable bonds is 7. The van der Waals surface area contributed by atoms with E-state index in [1.54, 1.807) is 23.1 Å². The molecule has 1 amide bonds. The maximum atomic E-state index is 13.5. The van der Waals surface area contributed by atoms with Crippen LogP contribution in [0.2, 0.25) is 0 Å². The van der Waals surface area contributed by atoms with Crippen molar-refractivity contribution < 1.29 is 13.2 Å². The number of carbonyl (C=O) groups excluding carboxylic acids is 1. The molecule has 2 unspecified atom stereocenters. The minimum atomic E-state index is -4.00. The van der Waals surface area contributed by atoms with Gasteiger partial charge >= 0.3 is 0 Å². The Morgan fingerprint density at radius 1 is 0.886 bits per heavy atom. The summed E-state index contributed by atoms with van der Waals surface area (Å²) in [6.07, 6.45) is 7.52. The molecule has 7 rings (SSSR count). The summed E-state index contributed by atoms with van der Waals surface area (Å²) in [5.74, 6) is 0.846. The average Bonchev–Trinajstić information content (AvgIpc) is 3.50. The number of sulfonamides is 1. The van der Waals surface area contributed by atoms with Gasteiger partial charge in [-0.05, 0) is 93.7 Å². The molecule has 2 N–H and O–H groups in total. The third-order valence-corrected chi connectivity index (χ3v) is 11.6. The van der Waals surface area contributed by atoms with Crippen LogP contribution in [0.4, 0.5) is 0 Å². The van der Waals surface area contributed by atoms with Crippen LogP contribution in [-0.4, -0.2) is 65.4 Å². The Labute approximate surface area is 259 Å². The standard InChI is InChI=1S/C35H41N5O3S/c1-25-37-31-12-6-7-13-32(31)40(25)29-23-27-15-16-28(24-29)39(27)22-19-35(26-9-3-2-4-10-26)17-20-38(21-18-35)34(41)30-11-5-8-14-33(30)44(36,42)43/h2-14,27-29H,15-24H2,1H3,(H2,36,42,43). The van der Waals surface area contributed by atoms with Gasteiger partial charge in [-0.2, -0.15) is 0 Å². The van der Waals surface area contributed by atoms with Crippen LogP contribution >= 0.6 is 0 Å². The Morgan fingerprint density at radius 2 is 1.52 bits per heavy atom. The Morgan fingerprint density at radius 3 is 2.23 bits per heavy atom. The number of amides is 1. The molecule has 4 heterocycles.